The van der Waals surface area contributed by atoms with Gasteiger partial charge in [-0.1, -0.05) is 6.07 Å². The van der Waals surface area contributed by atoms with Crippen LogP contribution in [0.4, 0.5) is 0 Å². The number of carboxylic acid groups (broad SMARTS) is 1. The standard InChI is InChI=1S/C14H14N2O3/c17-12-3-1-2-11(7-12)16-8-10-6-9(14(18)19)4-5-13(10)15-16/h1-3,7-9,17H,4-6H2,(H,18,19). The zero-order valence-corrected chi connectivity index (χ0v) is 10.3. The van der Waals surface area contributed by atoms with E-state index < -0.39 is 5.97 Å². The number of hydrogen-bond acceptors (Lipinski definition) is 3. The van der Waals surface area contributed by atoms with E-state index in [0.717, 1.165) is 16.9 Å². The Labute approximate surface area is 110 Å². The number of benzene rings is 1. The molecule has 1 atom stereocenters. The molecule has 5 nitrogen and oxygen atoms in total. The Morgan fingerprint density at radius 3 is 3.00 bits per heavy atom. The Hall–Kier alpha value is -2.30. The number of nitrogens with zero attached hydrogens (tertiary/aromatic N) is 2. The number of phenolic OH excluding ortho intramolecular Hbond substituents is 1. The molecule has 0 saturated carbocycles. The molecule has 0 aliphatic heterocycles. The van der Waals surface area contributed by atoms with Crippen molar-refractivity contribution in [1.29, 1.82) is 0 Å². The van der Waals surface area contributed by atoms with Crippen LogP contribution in [0.2, 0.25) is 0 Å². The predicted octanol–water partition coefficient (Wildman–Crippen LogP) is 1.77. The SMILES string of the molecule is O=C(O)C1CCc2nn(-c3cccc(O)c3)cc2C1. The van der Waals surface area contributed by atoms with Crippen LogP contribution in [0.1, 0.15) is 17.7 Å². The second-order valence-corrected chi connectivity index (χ2v) is 4.84. The summed E-state index contributed by atoms with van der Waals surface area (Å²) in [6, 6.07) is 6.85. The Kier molecular flexibility index (Phi) is 2.74. The molecule has 0 saturated heterocycles. The van der Waals surface area contributed by atoms with Crippen molar-refractivity contribution in [2.24, 2.45) is 5.92 Å². The Bertz CT molecular complexity index is 633. The minimum absolute atomic E-state index is 0.189. The first kappa shape index (κ1) is 11.8. The van der Waals surface area contributed by atoms with Gasteiger partial charge in [-0.15, -0.1) is 0 Å². The second kappa shape index (κ2) is 4.42. The first-order chi connectivity index (χ1) is 9.13. The van der Waals surface area contributed by atoms with Gasteiger partial charge < -0.3 is 10.2 Å². The van der Waals surface area contributed by atoms with Gasteiger partial charge in [-0.2, -0.15) is 5.10 Å². The molecular weight excluding hydrogens is 244 g/mol. The van der Waals surface area contributed by atoms with Gasteiger partial charge in [0.05, 0.1) is 17.3 Å². The summed E-state index contributed by atoms with van der Waals surface area (Å²) in [6.45, 7) is 0. The van der Waals surface area contributed by atoms with E-state index in [1.807, 2.05) is 12.3 Å². The van der Waals surface area contributed by atoms with Crippen molar-refractivity contribution in [2.75, 3.05) is 0 Å². The highest BCUT2D eigenvalue weighted by atomic mass is 16.4. The van der Waals surface area contributed by atoms with E-state index >= 15 is 0 Å². The molecule has 0 spiro atoms. The number of carbonyl (C=O) groups is 1. The highest BCUT2D eigenvalue weighted by molar-refractivity contribution is 5.70. The molecule has 19 heavy (non-hydrogen) atoms. The van der Waals surface area contributed by atoms with Crippen molar-refractivity contribution < 1.29 is 15.0 Å². The van der Waals surface area contributed by atoms with E-state index in [1.54, 1.807) is 22.9 Å². The van der Waals surface area contributed by atoms with Crippen LogP contribution in [0.3, 0.4) is 0 Å². The molecule has 1 heterocycles. The first-order valence-electron chi connectivity index (χ1n) is 6.23. The molecule has 2 aromatic rings. The molecular formula is C14H14N2O3. The Morgan fingerprint density at radius 2 is 2.26 bits per heavy atom. The van der Waals surface area contributed by atoms with Crippen LogP contribution < -0.4 is 0 Å². The summed E-state index contributed by atoms with van der Waals surface area (Å²) in [4.78, 5) is 11.0. The third-order valence-corrected chi connectivity index (χ3v) is 3.52. The molecule has 1 aromatic carbocycles. The lowest BCUT2D eigenvalue weighted by molar-refractivity contribution is -0.142. The van der Waals surface area contributed by atoms with E-state index in [2.05, 4.69) is 5.10 Å². The van der Waals surface area contributed by atoms with E-state index in [0.29, 0.717) is 19.3 Å². The zero-order valence-electron chi connectivity index (χ0n) is 10.3. The fraction of sp³-hybridized carbons (Fsp3) is 0.286. The fourth-order valence-electron chi connectivity index (χ4n) is 2.48. The minimum Gasteiger partial charge on any atom is -0.508 e. The highest BCUT2D eigenvalue weighted by Gasteiger charge is 2.26. The molecule has 1 aliphatic rings. The predicted molar refractivity (Wildman–Crippen MR) is 68.4 cm³/mol. The lowest BCUT2D eigenvalue weighted by Crippen LogP contribution is -2.21. The van der Waals surface area contributed by atoms with Crippen molar-refractivity contribution in [3.05, 3.63) is 41.7 Å². The van der Waals surface area contributed by atoms with E-state index in [9.17, 15) is 9.90 Å². The molecule has 98 valence electrons. The monoisotopic (exact) mass is 258 g/mol. The number of aryl methyl sites for hydroxylation is 1. The van der Waals surface area contributed by atoms with Crippen molar-refractivity contribution in [1.82, 2.24) is 9.78 Å². The van der Waals surface area contributed by atoms with Crippen molar-refractivity contribution in [3.63, 3.8) is 0 Å². The molecule has 0 bridgehead atoms. The highest BCUT2D eigenvalue weighted by Crippen LogP contribution is 2.26. The third kappa shape index (κ3) is 2.19. The number of phenols is 1. The number of hydrogen-bond donors (Lipinski definition) is 2. The number of aliphatic carboxylic acids is 1. The molecule has 1 aliphatic carbocycles. The van der Waals surface area contributed by atoms with Crippen molar-refractivity contribution >= 4 is 5.97 Å². The van der Waals surface area contributed by atoms with Crippen LogP contribution in [0.15, 0.2) is 30.5 Å². The number of rotatable bonds is 2. The van der Waals surface area contributed by atoms with Crippen LogP contribution in [0.25, 0.3) is 5.69 Å². The Morgan fingerprint density at radius 1 is 1.42 bits per heavy atom. The van der Waals surface area contributed by atoms with Gasteiger partial charge in [-0.3, -0.25) is 4.79 Å². The minimum atomic E-state index is -0.740. The molecule has 0 fully saturated rings. The van der Waals surface area contributed by atoms with Crippen LogP contribution in [0, 0.1) is 5.92 Å². The number of fused-ring (bicyclic) bond motifs is 1. The Balaban J connectivity index is 1.93. The molecule has 1 aromatic heterocycles. The number of carboxylic acids is 1. The summed E-state index contributed by atoms with van der Waals surface area (Å²) in [5, 5.41) is 23.0. The van der Waals surface area contributed by atoms with E-state index in [-0.39, 0.29) is 11.7 Å². The molecule has 0 amide bonds. The summed E-state index contributed by atoms with van der Waals surface area (Å²) in [5.41, 5.74) is 2.73. The summed E-state index contributed by atoms with van der Waals surface area (Å²) in [7, 11) is 0. The molecule has 2 N–H and O–H groups in total. The fourth-order valence-corrected chi connectivity index (χ4v) is 2.48. The van der Waals surface area contributed by atoms with E-state index in [1.165, 1.54) is 0 Å². The molecule has 5 heteroatoms. The molecule has 0 radical (unpaired) electrons. The van der Waals surface area contributed by atoms with Gasteiger partial charge >= 0.3 is 5.97 Å². The lowest BCUT2D eigenvalue weighted by Gasteiger charge is -2.16. The zero-order chi connectivity index (χ0) is 13.4. The van der Waals surface area contributed by atoms with Gasteiger partial charge in [0.1, 0.15) is 5.75 Å². The van der Waals surface area contributed by atoms with Crippen LogP contribution in [-0.2, 0) is 17.6 Å². The average Bonchev–Trinajstić information content (AvgIpc) is 2.81. The van der Waals surface area contributed by atoms with Crippen LogP contribution >= 0.6 is 0 Å². The number of aromatic nitrogens is 2. The van der Waals surface area contributed by atoms with E-state index in [4.69, 9.17) is 5.11 Å². The average molecular weight is 258 g/mol. The summed E-state index contributed by atoms with van der Waals surface area (Å²) in [5.74, 6) is -0.862. The smallest absolute Gasteiger partial charge is 0.306 e. The topological polar surface area (TPSA) is 75.3 Å². The van der Waals surface area contributed by atoms with Crippen LogP contribution in [0.5, 0.6) is 5.75 Å². The summed E-state index contributed by atoms with van der Waals surface area (Å²) in [6.07, 6.45) is 3.72. The largest absolute Gasteiger partial charge is 0.508 e. The third-order valence-electron chi connectivity index (χ3n) is 3.52. The summed E-state index contributed by atoms with van der Waals surface area (Å²) < 4.78 is 1.70. The maximum atomic E-state index is 11.0. The maximum Gasteiger partial charge on any atom is 0.306 e. The molecule has 3 rings (SSSR count). The molecule has 1 unspecified atom stereocenters. The summed E-state index contributed by atoms with van der Waals surface area (Å²) >= 11 is 0. The maximum absolute atomic E-state index is 11.0. The van der Waals surface area contributed by atoms with Crippen molar-refractivity contribution in [3.8, 4) is 11.4 Å². The van der Waals surface area contributed by atoms with Crippen molar-refractivity contribution in [2.45, 2.75) is 19.3 Å². The quantitative estimate of drug-likeness (QED) is 0.860. The van der Waals surface area contributed by atoms with Gasteiger partial charge in [0.15, 0.2) is 0 Å². The van der Waals surface area contributed by atoms with Crippen LogP contribution in [-0.4, -0.2) is 26.0 Å². The van der Waals surface area contributed by atoms with Gasteiger partial charge in [-0.25, -0.2) is 4.68 Å². The van der Waals surface area contributed by atoms with Gasteiger partial charge in [0, 0.05) is 12.3 Å². The first-order valence-corrected chi connectivity index (χ1v) is 6.23. The normalized spacial score (nSPS) is 18.0. The number of aromatic hydroxyl groups is 1. The lowest BCUT2D eigenvalue weighted by atomic mass is 9.88. The van der Waals surface area contributed by atoms with Gasteiger partial charge in [0.2, 0.25) is 0 Å². The van der Waals surface area contributed by atoms with Gasteiger partial charge in [0.25, 0.3) is 0 Å². The second-order valence-electron chi connectivity index (χ2n) is 4.84. The van der Waals surface area contributed by atoms with Gasteiger partial charge in [-0.05, 0) is 37.0 Å².